The minimum absolute atomic E-state index is 0.621. The molecule has 20 heavy (non-hydrogen) atoms. The van der Waals surface area contributed by atoms with Crippen molar-refractivity contribution in [1.29, 1.82) is 0 Å². The fraction of sp³-hybridized carbons (Fsp3) is 0.158. The van der Waals surface area contributed by atoms with E-state index in [-0.39, 0.29) is 0 Å². The normalized spacial score (nSPS) is 13.8. The van der Waals surface area contributed by atoms with Crippen LogP contribution in [0.3, 0.4) is 0 Å². The Hall–Kier alpha value is -2.02. The molecule has 0 radical (unpaired) electrons. The summed E-state index contributed by atoms with van der Waals surface area (Å²) in [5, 5.41) is 2.91. The van der Waals surface area contributed by atoms with Crippen LogP contribution in [-0.4, -0.2) is 6.71 Å². The van der Waals surface area contributed by atoms with Gasteiger partial charge in [0.25, 0.3) is 0 Å². The molecule has 0 nitrogen and oxygen atoms in total. The van der Waals surface area contributed by atoms with E-state index < -0.39 is 0 Å². The van der Waals surface area contributed by atoms with Gasteiger partial charge in [-0.3, -0.25) is 0 Å². The third kappa shape index (κ3) is 1.77. The number of benzene rings is 3. The molecule has 3 aromatic rings. The minimum atomic E-state index is 0.621. The monoisotopic (exact) mass is 256 g/mol. The highest BCUT2D eigenvalue weighted by atomic mass is 14.1. The van der Waals surface area contributed by atoms with Crippen molar-refractivity contribution < 1.29 is 0 Å². The van der Waals surface area contributed by atoms with Gasteiger partial charge in [0.2, 0.25) is 0 Å². The lowest BCUT2D eigenvalue weighted by Crippen LogP contribution is -2.37. The Kier molecular flexibility index (Phi) is 2.66. The maximum atomic E-state index is 2.31. The first kappa shape index (κ1) is 11.8. The van der Waals surface area contributed by atoms with Gasteiger partial charge in [-0.15, -0.1) is 0 Å². The molecule has 0 saturated carbocycles. The van der Waals surface area contributed by atoms with E-state index in [1.807, 2.05) is 0 Å². The van der Waals surface area contributed by atoms with Gasteiger partial charge in [-0.2, -0.15) is 0 Å². The molecule has 1 aliphatic rings. The first-order chi connectivity index (χ1) is 9.83. The summed E-state index contributed by atoms with van der Waals surface area (Å²) < 4.78 is 0. The van der Waals surface area contributed by atoms with Crippen LogP contribution in [0.2, 0.25) is 0 Å². The highest BCUT2D eigenvalue weighted by Crippen LogP contribution is 2.31. The molecule has 0 amide bonds. The van der Waals surface area contributed by atoms with Crippen molar-refractivity contribution in [2.45, 2.75) is 19.6 Å². The number of rotatable bonds is 1. The van der Waals surface area contributed by atoms with E-state index in [0.717, 1.165) is 6.32 Å². The molecule has 96 valence electrons. The van der Waals surface area contributed by atoms with Crippen molar-refractivity contribution in [3.63, 3.8) is 0 Å². The van der Waals surface area contributed by atoms with Gasteiger partial charge in [-0.25, -0.2) is 0 Å². The van der Waals surface area contributed by atoms with Crippen LogP contribution in [-0.2, 0) is 12.6 Å². The zero-order chi connectivity index (χ0) is 13.5. The number of aryl methyl sites for hydroxylation is 1. The molecule has 0 atom stereocenters. The molecule has 1 heteroatoms. The van der Waals surface area contributed by atoms with Crippen LogP contribution in [0.4, 0.5) is 0 Å². The third-order valence-electron chi connectivity index (χ3n) is 4.66. The SMILES string of the molecule is Cc1ccc2cccc3c2c1CB(c1ccccc1)C3. The van der Waals surface area contributed by atoms with Crippen LogP contribution in [0.5, 0.6) is 0 Å². The minimum Gasteiger partial charge on any atom is -0.0794 e. The topological polar surface area (TPSA) is 0 Å². The average Bonchev–Trinajstić information content (AvgIpc) is 2.51. The Balaban J connectivity index is 1.89. The van der Waals surface area contributed by atoms with E-state index in [2.05, 4.69) is 67.6 Å². The summed E-state index contributed by atoms with van der Waals surface area (Å²) in [6.07, 6.45) is 2.34. The van der Waals surface area contributed by atoms with Gasteiger partial charge in [0.05, 0.1) is 0 Å². The van der Waals surface area contributed by atoms with Gasteiger partial charge in [-0.05, 0) is 47.0 Å². The molecule has 1 heterocycles. The third-order valence-corrected chi connectivity index (χ3v) is 4.66. The van der Waals surface area contributed by atoms with E-state index in [4.69, 9.17) is 0 Å². The molecule has 4 rings (SSSR count). The Bertz CT molecular complexity index is 774. The predicted molar refractivity (Wildman–Crippen MR) is 87.9 cm³/mol. The summed E-state index contributed by atoms with van der Waals surface area (Å²) in [5.41, 5.74) is 5.98. The highest BCUT2D eigenvalue weighted by Gasteiger charge is 2.25. The maximum absolute atomic E-state index is 2.31. The second-order valence-electron chi connectivity index (χ2n) is 5.89. The quantitative estimate of drug-likeness (QED) is 0.582. The molecular formula is C19H17B. The summed E-state index contributed by atoms with van der Waals surface area (Å²) in [7, 11) is 0. The van der Waals surface area contributed by atoms with Crippen LogP contribution in [0.1, 0.15) is 16.7 Å². The molecule has 0 saturated heterocycles. The molecule has 3 aromatic carbocycles. The van der Waals surface area contributed by atoms with Crippen molar-refractivity contribution in [1.82, 2.24) is 0 Å². The zero-order valence-electron chi connectivity index (χ0n) is 11.8. The maximum Gasteiger partial charge on any atom is 0.184 e. The summed E-state index contributed by atoms with van der Waals surface area (Å²) >= 11 is 0. The van der Waals surface area contributed by atoms with Gasteiger partial charge in [0, 0.05) is 0 Å². The average molecular weight is 256 g/mol. The largest absolute Gasteiger partial charge is 0.184 e. The van der Waals surface area contributed by atoms with Crippen LogP contribution < -0.4 is 5.46 Å². The lowest BCUT2D eigenvalue weighted by molar-refractivity contribution is 1.22. The molecule has 0 spiro atoms. The smallest absolute Gasteiger partial charge is 0.0794 e. The van der Waals surface area contributed by atoms with Crippen LogP contribution >= 0.6 is 0 Å². The molecule has 0 N–H and O–H groups in total. The molecule has 0 unspecified atom stereocenters. The van der Waals surface area contributed by atoms with Gasteiger partial charge in [-0.1, -0.05) is 66.1 Å². The second kappa shape index (κ2) is 4.52. The van der Waals surface area contributed by atoms with E-state index >= 15 is 0 Å². The Morgan fingerprint density at radius 1 is 0.800 bits per heavy atom. The Labute approximate surface area is 120 Å². The fourth-order valence-electron chi connectivity index (χ4n) is 3.62. The lowest BCUT2D eigenvalue weighted by Gasteiger charge is -2.25. The van der Waals surface area contributed by atoms with Gasteiger partial charge in [0.15, 0.2) is 6.71 Å². The summed E-state index contributed by atoms with van der Waals surface area (Å²) in [5.74, 6) is 0. The summed E-state index contributed by atoms with van der Waals surface area (Å²) in [6.45, 7) is 2.87. The van der Waals surface area contributed by atoms with E-state index in [9.17, 15) is 0 Å². The van der Waals surface area contributed by atoms with E-state index in [1.165, 1.54) is 33.7 Å². The number of hydrogen-bond donors (Lipinski definition) is 0. The lowest BCUT2D eigenvalue weighted by atomic mass is 9.37. The molecule has 0 fully saturated rings. The molecule has 1 aliphatic heterocycles. The first-order valence-corrected chi connectivity index (χ1v) is 7.38. The zero-order valence-corrected chi connectivity index (χ0v) is 11.8. The molecule has 0 bridgehead atoms. The highest BCUT2D eigenvalue weighted by molar-refractivity contribution is 6.73. The predicted octanol–water partition coefficient (Wildman–Crippen LogP) is 3.73. The van der Waals surface area contributed by atoms with E-state index in [1.54, 1.807) is 5.56 Å². The molecule has 0 aliphatic carbocycles. The second-order valence-corrected chi connectivity index (χ2v) is 5.89. The van der Waals surface area contributed by atoms with Gasteiger partial charge >= 0.3 is 0 Å². The van der Waals surface area contributed by atoms with Crippen molar-refractivity contribution in [3.8, 4) is 0 Å². The molecular weight excluding hydrogens is 239 g/mol. The Morgan fingerprint density at radius 3 is 2.50 bits per heavy atom. The molecule has 0 aromatic heterocycles. The van der Waals surface area contributed by atoms with Gasteiger partial charge < -0.3 is 0 Å². The van der Waals surface area contributed by atoms with Crippen LogP contribution in [0.25, 0.3) is 10.8 Å². The van der Waals surface area contributed by atoms with Crippen molar-refractivity contribution in [2.75, 3.05) is 0 Å². The van der Waals surface area contributed by atoms with Crippen LogP contribution in [0, 0.1) is 6.92 Å². The van der Waals surface area contributed by atoms with Crippen molar-refractivity contribution >= 4 is 22.9 Å². The van der Waals surface area contributed by atoms with Crippen molar-refractivity contribution in [3.05, 3.63) is 77.4 Å². The summed E-state index contributed by atoms with van der Waals surface area (Å²) in [6, 6.07) is 22.2. The number of hydrogen-bond acceptors (Lipinski definition) is 0. The van der Waals surface area contributed by atoms with Crippen LogP contribution in [0.15, 0.2) is 60.7 Å². The summed E-state index contributed by atoms with van der Waals surface area (Å²) in [4.78, 5) is 0. The fourth-order valence-corrected chi connectivity index (χ4v) is 3.62. The Morgan fingerprint density at radius 2 is 1.65 bits per heavy atom. The van der Waals surface area contributed by atoms with E-state index in [0.29, 0.717) is 6.71 Å². The van der Waals surface area contributed by atoms with Gasteiger partial charge in [0.1, 0.15) is 0 Å². The van der Waals surface area contributed by atoms with Crippen molar-refractivity contribution in [2.24, 2.45) is 0 Å². The first-order valence-electron chi connectivity index (χ1n) is 7.38. The standard InChI is InChI=1S/C19H17B/c1-14-10-11-15-6-5-7-16-12-20(13-18(14)19(15)16)17-8-3-2-4-9-17/h2-11H,12-13H2,1H3.